The van der Waals surface area contributed by atoms with Crippen LogP contribution in [-0.2, 0) is 9.59 Å². The minimum absolute atomic E-state index is 0.0991. The molecule has 2 heterocycles. The lowest BCUT2D eigenvalue weighted by Gasteiger charge is -2.20. The molecule has 0 aromatic heterocycles. The quantitative estimate of drug-likeness (QED) is 0.633. The van der Waals surface area contributed by atoms with Crippen molar-refractivity contribution < 1.29 is 9.59 Å². The average Bonchev–Trinajstić information content (AvgIpc) is 2.75. The van der Waals surface area contributed by atoms with E-state index < -0.39 is 0 Å². The van der Waals surface area contributed by atoms with E-state index in [0.29, 0.717) is 31.8 Å². The van der Waals surface area contributed by atoms with E-state index in [0.717, 1.165) is 13.0 Å². The van der Waals surface area contributed by atoms with Gasteiger partial charge in [0.2, 0.25) is 11.8 Å². The number of rotatable bonds is 3. The standard InChI is InChI=1S/C10H17N3O2/c11-4-7-3-10(15)13(5-7)6-8-1-2-9(14)12-8/h7-8H,1-6,11H2,(H,12,14)/t7?,8-/m1/s1. The molecule has 2 amide bonds. The maximum atomic E-state index is 11.6. The summed E-state index contributed by atoms with van der Waals surface area (Å²) in [5.41, 5.74) is 5.54. The Bertz CT molecular complexity index is 280. The Hall–Kier alpha value is -1.10. The van der Waals surface area contributed by atoms with Gasteiger partial charge in [-0.25, -0.2) is 0 Å². The minimum atomic E-state index is 0.0991. The molecule has 3 N–H and O–H groups in total. The van der Waals surface area contributed by atoms with Gasteiger partial charge in [-0.3, -0.25) is 9.59 Å². The van der Waals surface area contributed by atoms with Crippen LogP contribution in [0.3, 0.4) is 0 Å². The molecular weight excluding hydrogens is 194 g/mol. The van der Waals surface area contributed by atoms with Crippen LogP contribution in [0.5, 0.6) is 0 Å². The molecule has 0 aromatic carbocycles. The maximum absolute atomic E-state index is 11.6. The van der Waals surface area contributed by atoms with Crippen LogP contribution in [0.4, 0.5) is 0 Å². The Morgan fingerprint density at radius 2 is 2.27 bits per heavy atom. The summed E-state index contributed by atoms with van der Waals surface area (Å²) in [7, 11) is 0. The van der Waals surface area contributed by atoms with Crippen molar-refractivity contribution in [2.45, 2.75) is 25.3 Å². The van der Waals surface area contributed by atoms with Crippen LogP contribution in [0.2, 0.25) is 0 Å². The van der Waals surface area contributed by atoms with Crippen LogP contribution in [-0.4, -0.2) is 42.4 Å². The molecule has 0 radical (unpaired) electrons. The SMILES string of the molecule is NCC1CC(=O)N(C[C@H]2CCC(=O)N2)C1. The topological polar surface area (TPSA) is 75.4 Å². The van der Waals surface area contributed by atoms with Crippen molar-refractivity contribution in [2.24, 2.45) is 11.7 Å². The highest BCUT2D eigenvalue weighted by Crippen LogP contribution is 2.18. The molecule has 0 saturated carbocycles. The zero-order valence-electron chi connectivity index (χ0n) is 8.74. The van der Waals surface area contributed by atoms with Crippen LogP contribution < -0.4 is 11.1 Å². The molecule has 0 aliphatic carbocycles. The zero-order valence-corrected chi connectivity index (χ0v) is 8.74. The lowest BCUT2D eigenvalue weighted by Crippen LogP contribution is -2.39. The van der Waals surface area contributed by atoms with E-state index in [2.05, 4.69) is 5.32 Å². The number of hydrogen-bond acceptors (Lipinski definition) is 3. The van der Waals surface area contributed by atoms with E-state index in [4.69, 9.17) is 5.73 Å². The summed E-state index contributed by atoms with van der Waals surface area (Å²) in [5.74, 6) is 0.572. The number of nitrogens with two attached hydrogens (primary N) is 1. The molecular formula is C10H17N3O2. The van der Waals surface area contributed by atoms with Crippen LogP contribution in [0.15, 0.2) is 0 Å². The fourth-order valence-corrected chi connectivity index (χ4v) is 2.27. The maximum Gasteiger partial charge on any atom is 0.223 e. The van der Waals surface area contributed by atoms with Crippen molar-refractivity contribution in [3.8, 4) is 0 Å². The minimum Gasteiger partial charge on any atom is -0.352 e. The van der Waals surface area contributed by atoms with Crippen LogP contribution >= 0.6 is 0 Å². The van der Waals surface area contributed by atoms with Gasteiger partial charge in [0.15, 0.2) is 0 Å². The lowest BCUT2D eigenvalue weighted by atomic mass is 10.1. The highest BCUT2D eigenvalue weighted by molar-refractivity contribution is 5.80. The summed E-state index contributed by atoms with van der Waals surface area (Å²) >= 11 is 0. The molecule has 0 spiro atoms. The van der Waals surface area contributed by atoms with Crippen molar-refractivity contribution >= 4 is 11.8 Å². The lowest BCUT2D eigenvalue weighted by molar-refractivity contribution is -0.128. The third kappa shape index (κ3) is 2.28. The van der Waals surface area contributed by atoms with Crippen molar-refractivity contribution in [2.75, 3.05) is 19.6 Å². The molecule has 2 fully saturated rings. The van der Waals surface area contributed by atoms with Crippen LogP contribution in [0, 0.1) is 5.92 Å². The van der Waals surface area contributed by atoms with E-state index in [1.165, 1.54) is 0 Å². The molecule has 5 nitrogen and oxygen atoms in total. The Morgan fingerprint density at radius 3 is 2.80 bits per heavy atom. The monoisotopic (exact) mass is 211 g/mol. The number of nitrogens with one attached hydrogen (secondary N) is 1. The molecule has 2 saturated heterocycles. The molecule has 2 aliphatic rings. The van der Waals surface area contributed by atoms with E-state index in [1.807, 2.05) is 4.90 Å². The van der Waals surface area contributed by atoms with Gasteiger partial charge in [0.1, 0.15) is 0 Å². The van der Waals surface area contributed by atoms with Crippen molar-refractivity contribution in [3.05, 3.63) is 0 Å². The molecule has 1 unspecified atom stereocenters. The van der Waals surface area contributed by atoms with Gasteiger partial charge in [-0.05, 0) is 18.9 Å². The predicted octanol–water partition coefficient (Wildman–Crippen LogP) is -0.928. The normalized spacial score (nSPS) is 31.1. The van der Waals surface area contributed by atoms with Gasteiger partial charge >= 0.3 is 0 Å². The molecule has 2 aliphatic heterocycles. The molecule has 15 heavy (non-hydrogen) atoms. The Balaban J connectivity index is 1.84. The van der Waals surface area contributed by atoms with Gasteiger partial charge in [0.25, 0.3) is 0 Å². The van der Waals surface area contributed by atoms with E-state index >= 15 is 0 Å². The van der Waals surface area contributed by atoms with Crippen LogP contribution in [0.25, 0.3) is 0 Å². The first-order valence-corrected chi connectivity index (χ1v) is 5.46. The summed E-state index contributed by atoms with van der Waals surface area (Å²) in [6, 6.07) is 0.151. The van der Waals surface area contributed by atoms with Crippen molar-refractivity contribution in [1.82, 2.24) is 10.2 Å². The first-order chi connectivity index (χ1) is 7.19. The number of hydrogen-bond donors (Lipinski definition) is 2. The summed E-state index contributed by atoms with van der Waals surface area (Å²) < 4.78 is 0. The number of amides is 2. The average molecular weight is 211 g/mol. The highest BCUT2D eigenvalue weighted by atomic mass is 16.2. The third-order valence-electron chi connectivity index (χ3n) is 3.15. The van der Waals surface area contributed by atoms with Crippen LogP contribution in [0.1, 0.15) is 19.3 Å². The van der Waals surface area contributed by atoms with E-state index in [9.17, 15) is 9.59 Å². The summed E-state index contributed by atoms with van der Waals surface area (Å²) in [6.45, 7) is 1.97. The van der Waals surface area contributed by atoms with E-state index in [-0.39, 0.29) is 17.9 Å². The van der Waals surface area contributed by atoms with Crippen molar-refractivity contribution in [1.29, 1.82) is 0 Å². The molecule has 0 bridgehead atoms. The summed E-state index contributed by atoms with van der Waals surface area (Å²) in [5, 5.41) is 2.87. The second-order valence-corrected chi connectivity index (χ2v) is 4.41. The predicted molar refractivity (Wildman–Crippen MR) is 54.9 cm³/mol. The second-order valence-electron chi connectivity index (χ2n) is 4.41. The fraction of sp³-hybridized carbons (Fsp3) is 0.800. The number of carbonyl (C=O) groups is 2. The molecule has 0 aromatic rings. The molecule has 84 valence electrons. The highest BCUT2D eigenvalue weighted by Gasteiger charge is 2.31. The Kier molecular flexibility index (Phi) is 2.90. The van der Waals surface area contributed by atoms with Gasteiger partial charge in [0.05, 0.1) is 0 Å². The Labute approximate surface area is 89.0 Å². The molecule has 2 atom stereocenters. The first kappa shape index (κ1) is 10.4. The number of carbonyl (C=O) groups excluding carboxylic acids is 2. The molecule has 5 heteroatoms. The van der Waals surface area contributed by atoms with Gasteiger partial charge < -0.3 is 16.0 Å². The van der Waals surface area contributed by atoms with Gasteiger partial charge in [-0.15, -0.1) is 0 Å². The van der Waals surface area contributed by atoms with E-state index in [1.54, 1.807) is 0 Å². The van der Waals surface area contributed by atoms with Gasteiger partial charge in [-0.2, -0.15) is 0 Å². The number of likely N-dealkylation sites (tertiary alicyclic amines) is 1. The number of nitrogens with zero attached hydrogens (tertiary/aromatic N) is 1. The van der Waals surface area contributed by atoms with Crippen molar-refractivity contribution in [3.63, 3.8) is 0 Å². The Morgan fingerprint density at radius 1 is 1.47 bits per heavy atom. The summed E-state index contributed by atoms with van der Waals surface area (Å²) in [6.07, 6.45) is 2.00. The molecule has 2 rings (SSSR count). The summed E-state index contributed by atoms with van der Waals surface area (Å²) in [4.78, 5) is 24.4. The smallest absolute Gasteiger partial charge is 0.223 e. The fourth-order valence-electron chi connectivity index (χ4n) is 2.27. The van der Waals surface area contributed by atoms with Gasteiger partial charge in [0, 0.05) is 32.0 Å². The second kappa shape index (κ2) is 4.18. The first-order valence-electron chi connectivity index (χ1n) is 5.46. The third-order valence-corrected chi connectivity index (χ3v) is 3.15. The zero-order chi connectivity index (χ0) is 10.8. The van der Waals surface area contributed by atoms with Gasteiger partial charge in [-0.1, -0.05) is 0 Å². The largest absolute Gasteiger partial charge is 0.352 e.